The fourth-order valence-corrected chi connectivity index (χ4v) is 4.85. The summed E-state index contributed by atoms with van der Waals surface area (Å²) >= 11 is 0. The van der Waals surface area contributed by atoms with Gasteiger partial charge in [-0.05, 0) is 61.8 Å². The smallest absolute Gasteiger partial charge is 0.239 e. The first-order valence-corrected chi connectivity index (χ1v) is 9.46. The van der Waals surface area contributed by atoms with Gasteiger partial charge in [0.2, 0.25) is 5.91 Å². The van der Waals surface area contributed by atoms with Gasteiger partial charge in [-0.1, -0.05) is 25.0 Å². The molecule has 1 amide bonds. The molecule has 130 valence electrons. The number of likely N-dealkylation sites (tertiary alicyclic amines) is 2. The van der Waals surface area contributed by atoms with Crippen molar-refractivity contribution in [3.8, 4) is 0 Å². The number of benzene rings is 1. The van der Waals surface area contributed by atoms with Crippen LogP contribution in [0.4, 0.5) is 4.39 Å². The van der Waals surface area contributed by atoms with Crippen LogP contribution in [0, 0.1) is 17.7 Å². The summed E-state index contributed by atoms with van der Waals surface area (Å²) in [7, 11) is 0. The molecule has 0 aromatic heterocycles. The number of piperidine rings is 2. The highest BCUT2D eigenvalue weighted by atomic mass is 19.1. The van der Waals surface area contributed by atoms with Crippen LogP contribution in [0.5, 0.6) is 0 Å². The molecule has 1 saturated carbocycles. The third-order valence-corrected chi connectivity index (χ3v) is 6.13. The van der Waals surface area contributed by atoms with Crippen molar-refractivity contribution in [1.82, 2.24) is 9.80 Å². The Bertz CT molecular complexity index is 599. The van der Waals surface area contributed by atoms with E-state index >= 15 is 0 Å². The van der Waals surface area contributed by atoms with Crippen LogP contribution in [0.15, 0.2) is 24.3 Å². The van der Waals surface area contributed by atoms with Gasteiger partial charge in [-0.15, -0.1) is 0 Å². The monoisotopic (exact) mass is 330 g/mol. The molecule has 24 heavy (non-hydrogen) atoms. The van der Waals surface area contributed by atoms with Crippen LogP contribution >= 0.6 is 0 Å². The Balaban J connectivity index is 1.45. The zero-order chi connectivity index (χ0) is 16.5. The maximum absolute atomic E-state index is 13.4. The summed E-state index contributed by atoms with van der Waals surface area (Å²) in [6, 6.07) is 6.79. The van der Waals surface area contributed by atoms with E-state index in [4.69, 9.17) is 0 Å². The Morgan fingerprint density at radius 2 is 2.00 bits per heavy atom. The first kappa shape index (κ1) is 16.1. The van der Waals surface area contributed by atoms with Gasteiger partial charge in [0, 0.05) is 19.6 Å². The molecule has 4 heteroatoms. The van der Waals surface area contributed by atoms with Crippen molar-refractivity contribution in [2.24, 2.45) is 11.8 Å². The minimum atomic E-state index is -0.194. The zero-order valence-corrected chi connectivity index (χ0v) is 14.3. The van der Waals surface area contributed by atoms with Gasteiger partial charge in [-0.2, -0.15) is 0 Å². The average Bonchev–Trinajstić information content (AvgIpc) is 3.07. The van der Waals surface area contributed by atoms with E-state index in [1.54, 1.807) is 12.1 Å². The van der Waals surface area contributed by atoms with E-state index in [2.05, 4.69) is 9.80 Å². The van der Waals surface area contributed by atoms with Crippen molar-refractivity contribution in [2.75, 3.05) is 19.6 Å². The quantitative estimate of drug-likeness (QED) is 0.844. The van der Waals surface area contributed by atoms with Crippen LogP contribution in [-0.2, 0) is 11.3 Å². The van der Waals surface area contributed by atoms with Crippen LogP contribution in [0.25, 0.3) is 0 Å². The molecule has 2 saturated heterocycles. The molecule has 3 aliphatic rings. The summed E-state index contributed by atoms with van der Waals surface area (Å²) in [5.74, 6) is 1.48. The Morgan fingerprint density at radius 1 is 1.17 bits per heavy atom. The number of hydrogen-bond acceptors (Lipinski definition) is 2. The summed E-state index contributed by atoms with van der Waals surface area (Å²) in [4.78, 5) is 17.4. The molecular weight excluding hydrogens is 303 g/mol. The molecule has 1 aliphatic carbocycles. The summed E-state index contributed by atoms with van der Waals surface area (Å²) in [6.45, 7) is 3.55. The Hall–Kier alpha value is -1.42. The standard InChI is InChI=1S/C20H27FN2O/c21-18-7-3-6-16(10-18)13-22-9-8-17-11-19(22)20(24)23(14-17)12-15-4-1-2-5-15/h3,6-7,10,15,17,19H,1-2,4-5,8-9,11-14H2/t17-,19+/m0/s1. The number of nitrogens with zero attached hydrogens (tertiary/aromatic N) is 2. The lowest BCUT2D eigenvalue weighted by Crippen LogP contribution is -2.59. The van der Waals surface area contributed by atoms with Gasteiger partial charge >= 0.3 is 0 Å². The molecule has 0 unspecified atom stereocenters. The second kappa shape index (κ2) is 6.83. The molecule has 3 fully saturated rings. The molecule has 0 radical (unpaired) electrons. The average molecular weight is 330 g/mol. The minimum absolute atomic E-state index is 0.00201. The van der Waals surface area contributed by atoms with E-state index in [0.717, 1.165) is 38.0 Å². The fraction of sp³-hybridized carbons (Fsp3) is 0.650. The molecule has 2 aliphatic heterocycles. The van der Waals surface area contributed by atoms with Crippen molar-refractivity contribution >= 4 is 5.91 Å². The van der Waals surface area contributed by atoms with Crippen molar-refractivity contribution in [3.63, 3.8) is 0 Å². The van der Waals surface area contributed by atoms with Crippen molar-refractivity contribution in [2.45, 2.75) is 51.1 Å². The first-order valence-electron chi connectivity index (χ1n) is 9.46. The summed E-state index contributed by atoms with van der Waals surface area (Å²) in [5.41, 5.74) is 0.967. The van der Waals surface area contributed by atoms with Crippen molar-refractivity contribution in [3.05, 3.63) is 35.6 Å². The highest BCUT2D eigenvalue weighted by molar-refractivity contribution is 5.83. The van der Waals surface area contributed by atoms with E-state index in [0.29, 0.717) is 24.3 Å². The molecule has 1 aromatic carbocycles. The van der Waals surface area contributed by atoms with E-state index in [-0.39, 0.29) is 11.9 Å². The maximum Gasteiger partial charge on any atom is 0.239 e. The lowest BCUT2D eigenvalue weighted by Gasteiger charge is -2.47. The van der Waals surface area contributed by atoms with Crippen LogP contribution in [0.3, 0.4) is 0 Å². The molecule has 2 heterocycles. The van der Waals surface area contributed by atoms with E-state index < -0.39 is 0 Å². The highest BCUT2D eigenvalue weighted by Crippen LogP contribution is 2.33. The predicted molar refractivity (Wildman–Crippen MR) is 91.9 cm³/mol. The predicted octanol–water partition coefficient (Wildman–Crippen LogP) is 3.44. The second-order valence-corrected chi connectivity index (χ2v) is 7.90. The number of hydrogen-bond donors (Lipinski definition) is 0. The van der Waals surface area contributed by atoms with Crippen LogP contribution < -0.4 is 0 Å². The van der Waals surface area contributed by atoms with E-state index in [1.807, 2.05) is 6.07 Å². The molecule has 0 spiro atoms. The third-order valence-electron chi connectivity index (χ3n) is 6.13. The number of rotatable bonds is 4. The lowest BCUT2D eigenvalue weighted by molar-refractivity contribution is -0.146. The van der Waals surface area contributed by atoms with Crippen molar-refractivity contribution < 1.29 is 9.18 Å². The van der Waals surface area contributed by atoms with Gasteiger partial charge in [0.15, 0.2) is 0 Å². The topological polar surface area (TPSA) is 23.6 Å². The number of halogens is 1. The maximum atomic E-state index is 13.4. The summed E-state index contributed by atoms with van der Waals surface area (Å²) in [6.07, 6.45) is 7.35. The molecular formula is C20H27FN2O. The lowest BCUT2D eigenvalue weighted by atomic mass is 9.85. The Labute approximate surface area is 143 Å². The third kappa shape index (κ3) is 3.34. The number of carbonyl (C=O) groups excluding carboxylic acids is 1. The van der Waals surface area contributed by atoms with Gasteiger partial charge in [0.25, 0.3) is 0 Å². The van der Waals surface area contributed by atoms with Crippen LogP contribution in [-0.4, -0.2) is 41.4 Å². The van der Waals surface area contributed by atoms with Crippen molar-refractivity contribution in [1.29, 1.82) is 0 Å². The normalized spacial score (nSPS) is 28.5. The largest absolute Gasteiger partial charge is 0.341 e. The van der Waals surface area contributed by atoms with Gasteiger partial charge in [-0.25, -0.2) is 4.39 Å². The minimum Gasteiger partial charge on any atom is -0.341 e. The molecule has 0 N–H and O–H groups in total. The number of fused-ring (bicyclic) bond motifs is 2. The van der Waals surface area contributed by atoms with Gasteiger partial charge < -0.3 is 4.90 Å². The Kier molecular flexibility index (Phi) is 4.57. The first-order chi connectivity index (χ1) is 11.7. The number of amides is 1. The highest BCUT2D eigenvalue weighted by Gasteiger charge is 2.41. The summed E-state index contributed by atoms with van der Waals surface area (Å²) in [5, 5.41) is 0. The Morgan fingerprint density at radius 3 is 2.79 bits per heavy atom. The SMILES string of the molecule is O=C1[C@H]2C[C@H](CCN2Cc2cccc(F)c2)CN1CC1CCCC1. The van der Waals surface area contributed by atoms with Gasteiger partial charge in [-0.3, -0.25) is 9.69 Å². The summed E-state index contributed by atoms with van der Waals surface area (Å²) < 4.78 is 13.4. The molecule has 2 atom stereocenters. The zero-order valence-electron chi connectivity index (χ0n) is 14.3. The second-order valence-electron chi connectivity index (χ2n) is 7.90. The molecule has 4 rings (SSSR count). The van der Waals surface area contributed by atoms with Crippen LogP contribution in [0.1, 0.15) is 44.1 Å². The number of carbonyl (C=O) groups is 1. The van der Waals surface area contributed by atoms with E-state index in [1.165, 1.54) is 31.7 Å². The van der Waals surface area contributed by atoms with Gasteiger partial charge in [0.1, 0.15) is 5.82 Å². The molecule has 2 bridgehead atoms. The fourth-order valence-electron chi connectivity index (χ4n) is 4.85. The molecule has 1 aromatic rings. The van der Waals surface area contributed by atoms with E-state index in [9.17, 15) is 9.18 Å². The molecule has 3 nitrogen and oxygen atoms in total. The van der Waals surface area contributed by atoms with Gasteiger partial charge in [0.05, 0.1) is 6.04 Å². The van der Waals surface area contributed by atoms with Crippen LogP contribution in [0.2, 0.25) is 0 Å².